The molecule has 118 valence electrons. The summed E-state index contributed by atoms with van der Waals surface area (Å²) in [6.07, 6.45) is 3.03. The number of aromatic nitrogens is 4. The maximum atomic E-state index is 14.0. The molecule has 0 aliphatic heterocycles. The number of hydrogen-bond donors (Lipinski definition) is 1. The summed E-state index contributed by atoms with van der Waals surface area (Å²) in [5, 5.41) is 8.80. The molecule has 0 spiro atoms. The summed E-state index contributed by atoms with van der Waals surface area (Å²) in [5.41, 5.74) is 1.69. The van der Waals surface area contributed by atoms with E-state index in [1.165, 1.54) is 17.1 Å². The van der Waals surface area contributed by atoms with Crippen molar-refractivity contribution in [3.8, 4) is 5.69 Å². The Hall–Kier alpha value is -2.99. The van der Waals surface area contributed by atoms with Gasteiger partial charge in [0.2, 0.25) is 0 Å². The molecule has 0 saturated carbocycles. The van der Waals surface area contributed by atoms with Crippen LogP contribution in [-0.2, 0) is 0 Å². The van der Waals surface area contributed by atoms with Crippen molar-refractivity contribution in [2.75, 3.05) is 5.32 Å². The zero-order valence-electron chi connectivity index (χ0n) is 12.3. The molecule has 2 heterocycles. The summed E-state index contributed by atoms with van der Waals surface area (Å²) >= 11 is 5.89. The van der Waals surface area contributed by atoms with E-state index in [4.69, 9.17) is 11.6 Å². The second-order valence-electron chi connectivity index (χ2n) is 5.10. The molecule has 4 aromatic rings. The Labute approximate surface area is 141 Å². The second kappa shape index (κ2) is 5.90. The van der Waals surface area contributed by atoms with Crippen LogP contribution in [0.2, 0.25) is 5.02 Å². The van der Waals surface area contributed by atoms with Gasteiger partial charge in [0.05, 0.1) is 11.6 Å². The molecule has 24 heavy (non-hydrogen) atoms. The minimum absolute atomic E-state index is 0.337. The number of nitrogens with zero attached hydrogens (tertiary/aromatic N) is 4. The lowest BCUT2D eigenvalue weighted by Gasteiger charge is -2.07. The van der Waals surface area contributed by atoms with Crippen LogP contribution in [0.3, 0.4) is 0 Å². The highest BCUT2D eigenvalue weighted by molar-refractivity contribution is 6.30. The van der Waals surface area contributed by atoms with Crippen LogP contribution in [0, 0.1) is 5.82 Å². The molecule has 5 nitrogen and oxygen atoms in total. The number of fused-ring (bicyclic) bond motifs is 1. The van der Waals surface area contributed by atoms with Gasteiger partial charge in [-0.1, -0.05) is 23.7 Å². The SMILES string of the molecule is Fc1ccccc1-n1ncc2c(Nc3ccc(Cl)cc3)ncnc21. The van der Waals surface area contributed by atoms with E-state index in [-0.39, 0.29) is 5.82 Å². The molecular weight excluding hydrogens is 329 g/mol. The van der Waals surface area contributed by atoms with Crippen LogP contribution in [0.4, 0.5) is 15.9 Å². The highest BCUT2D eigenvalue weighted by atomic mass is 35.5. The molecule has 2 aromatic heterocycles. The van der Waals surface area contributed by atoms with Crippen molar-refractivity contribution in [1.82, 2.24) is 19.7 Å². The highest BCUT2D eigenvalue weighted by Crippen LogP contribution is 2.25. The monoisotopic (exact) mass is 339 g/mol. The second-order valence-corrected chi connectivity index (χ2v) is 5.54. The van der Waals surface area contributed by atoms with Crippen molar-refractivity contribution in [2.24, 2.45) is 0 Å². The van der Waals surface area contributed by atoms with Gasteiger partial charge < -0.3 is 5.32 Å². The van der Waals surface area contributed by atoms with Crippen molar-refractivity contribution < 1.29 is 4.39 Å². The third-order valence-electron chi connectivity index (χ3n) is 3.55. The molecule has 4 rings (SSSR count). The van der Waals surface area contributed by atoms with Crippen molar-refractivity contribution in [3.05, 3.63) is 71.9 Å². The maximum Gasteiger partial charge on any atom is 0.168 e. The average molecular weight is 340 g/mol. The fraction of sp³-hybridized carbons (Fsp3) is 0. The van der Waals surface area contributed by atoms with E-state index in [0.717, 1.165) is 5.69 Å². The van der Waals surface area contributed by atoms with Crippen LogP contribution in [0.25, 0.3) is 16.7 Å². The van der Waals surface area contributed by atoms with Crippen LogP contribution in [0.5, 0.6) is 0 Å². The molecule has 0 fully saturated rings. The van der Waals surface area contributed by atoms with E-state index in [1.54, 1.807) is 36.5 Å². The number of para-hydroxylation sites is 1. The van der Waals surface area contributed by atoms with E-state index < -0.39 is 0 Å². The van der Waals surface area contributed by atoms with Gasteiger partial charge >= 0.3 is 0 Å². The Bertz CT molecular complexity index is 1010. The minimum Gasteiger partial charge on any atom is -0.340 e. The quantitative estimate of drug-likeness (QED) is 0.603. The first-order valence-electron chi connectivity index (χ1n) is 7.18. The fourth-order valence-corrected chi connectivity index (χ4v) is 2.54. The van der Waals surface area contributed by atoms with E-state index in [1.807, 2.05) is 12.1 Å². The van der Waals surface area contributed by atoms with Gasteiger partial charge in [0.15, 0.2) is 5.65 Å². The van der Waals surface area contributed by atoms with Gasteiger partial charge in [-0.3, -0.25) is 0 Å². The van der Waals surface area contributed by atoms with E-state index in [9.17, 15) is 4.39 Å². The Balaban J connectivity index is 1.79. The average Bonchev–Trinajstić information content (AvgIpc) is 3.02. The molecule has 0 saturated heterocycles. The van der Waals surface area contributed by atoms with Gasteiger partial charge in [-0.05, 0) is 36.4 Å². The van der Waals surface area contributed by atoms with E-state index >= 15 is 0 Å². The van der Waals surface area contributed by atoms with E-state index in [0.29, 0.717) is 27.6 Å². The molecule has 0 bridgehead atoms. The lowest BCUT2D eigenvalue weighted by molar-refractivity contribution is 0.612. The molecule has 0 unspecified atom stereocenters. The van der Waals surface area contributed by atoms with Crippen LogP contribution in [0.15, 0.2) is 61.1 Å². The largest absolute Gasteiger partial charge is 0.340 e. The molecule has 2 aromatic carbocycles. The molecule has 0 amide bonds. The third kappa shape index (κ3) is 2.57. The molecule has 0 aliphatic rings. The van der Waals surface area contributed by atoms with Crippen molar-refractivity contribution >= 4 is 34.1 Å². The summed E-state index contributed by atoms with van der Waals surface area (Å²) < 4.78 is 15.5. The van der Waals surface area contributed by atoms with Crippen molar-refractivity contribution in [2.45, 2.75) is 0 Å². The van der Waals surface area contributed by atoms with Crippen molar-refractivity contribution in [3.63, 3.8) is 0 Å². The Kier molecular flexibility index (Phi) is 3.59. The lowest BCUT2D eigenvalue weighted by atomic mass is 10.3. The van der Waals surface area contributed by atoms with Gasteiger partial charge in [0.1, 0.15) is 23.6 Å². The number of benzene rings is 2. The Morgan fingerprint density at radius 3 is 2.58 bits per heavy atom. The Morgan fingerprint density at radius 2 is 1.79 bits per heavy atom. The summed E-state index contributed by atoms with van der Waals surface area (Å²) in [5.74, 6) is 0.221. The number of nitrogens with one attached hydrogen (secondary N) is 1. The molecule has 7 heteroatoms. The predicted molar refractivity (Wildman–Crippen MR) is 91.4 cm³/mol. The summed E-state index contributed by atoms with van der Waals surface area (Å²) in [6, 6.07) is 13.7. The number of rotatable bonds is 3. The number of halogens is 2. The van der Waals surface area contributed by atoms with Crippen LogP contribution < -0.4 is 5.32 Å². The first-order chi connectivity index (χ1) is 11.7. The Morgan fingerprint density at radius 1 is 1.00 bits per heavy atom. The number of anilines is 2. The predicted octanol–water partition coefficient (Wildman–Crippen LogP) is 4.35. The van der Waals surface area contributed by atoms with Gasteiger partial charge in [-0.15, -0.1) is 0 Å². The lowest BCUT2D eigenvalue weighted by Crippen LogP contribution is -2.01. The highest BCUT2D eigenvalue weighted by Gasteiger charge is 2.13. The normalized spacial score (nSPS) is 10.9. The summed E-state index contributed by atoms with van der Waals surface area (Å²) in [7, 11) is 0. The first-order valence-corrected chi connectivity index (χ1v) is 7.56. The standard InChI is InChI=1S/C17H11ClFN5/c18-11-5-7-12(8-6-11)23-16-13-9-22-24(17(13)21-10-20-16)15-4-2-1-3-14(15)19/h1-10H,(H,20,21,23). The van der Waals surface area contributed by atoms with Crippen LogP contribution >= 0.6 is 11.6 Å². The van der Waals surface area contributed by atoms with Crippen LogP contribution in [0.1, 0.15) is 0 Å². The summed E-state index contributed by atoms with van der Waals surface area (Å²) in [4.78, 5) is 8.49. The van der Waals surface area contributed by atoms with E-state index in [2.05, 4.69) is 20.4 Å². The van der Waals surface area contributed by atoms with Gasteiger partial charge in [-0.2, -0.15) is 5.10 Å². The smallest absolute Gasteiger partial charge is 0.168 e. The maximum absolute atomic E-state index is 14.0. The van der Waals surface area contributed by atoms with Gasteiger partial charge in [-0.25, -0.2) is 19.0 Å². The molecule has 0 aliphatic carbocycles. The molecule has 0 atom stereocenters. The first kappa shape index (κ1) is 14.6. The topological polar surface area (TPSA) is 55.6 Å². The zero-order valence-corrected chi connectivity index (χ0v) is 13.1. The fourth-order valence-electron chi connectivity index (χ4n) is 2.41. The zero-order chi connectivity index (χ0) is 16.5. The van der Waals surface area contributed by atoms with Crippen LogP contribution in [-0.4, -0.2) is 19.7 Å². The molecular formula is C17H11ClFN5. The third-order valence-corrected chi connectivity index (χ3v) is 3.81. The molecule has 1 N–H and O–H groups in total. The molecule has 0 radical (unpaired) electrons. The minimum atomic E-state index is -0.367. The summed E-state index contributed by atoms with van der Waals surface area (Å²) in [6.45, 7) is 0. The number of hydrogen-bond acceptors (Lipinski definition) is 4. The van der Waals surface area contributed by atoms with Crippen molar-refractivity contribution in [1.29, 1.82) is 0 Å². The van der Waals surface area contributed by atoms with Gasteiger partial charge in [0.25, 0.3) is 0 Å². The van der Waals surface area contributed by atoms with Gasteiger partial charge in [0, 0.05) is 10.7 Å².